The maximum atomic E-state index is 8.72. The van der Waals surface area contributed by atoms with E-state index in [1.807, 2.05) is 10.8 Å². The highest BCUT2D eigenvalue weighted by molar-refractivity contribution is 8.04. The van der Waals surface area contributed by atoms with Crippen LogP contribution in [0.3, 0.4) is 0 Å². The van der Waals surface area contributed by atoms with Crippen molar-refractivity contribution in [1.82, 2.24) is 0 Å². The maximum Gasteiger partial charge on any atom is 0.0918 e. The second-order valence-electron chi connectivity index (χ2n) is 1.28. The molecule has 1 aliphatic rings. The van der Waals surface area contributed by atoms with Gasteiger partial charge in [-0.05, 0) is 23.0 Å². The normalized spacial score (nSPS) is 20.7. The SMILES string of the molecule is OC1C=CSC=C1. The summed E-state index contributed by atoms with van der Waals surface area (Å²) < 4.78 is 0. The summed E-state index contributed by atoms with van der Waals surface area (Å²) in [6.45, 7) is 0. The lowest BCUT2D eigenvalue weighted by Gasteiger charge is -1.98. The average Bonchev–Trinajstić information content (AvgIpc) is 1.69. The van der Waals surface area contributed by atoms with Gasteiger partial charge >= 0.3 is 0 Å². The Kier molecular flexibility index (Phi) is 1.54. The van der Waals surface area contributed by atoms with Crippen molar-refractivity contribution < 1.29 is 5.11 Å². The quantitative estimate of drug-likeness (QED) is 0.509. The van der Waals surface area contributed by atoms with E-state index < -0.39 is 0 Å². The molecule has 0 saturated heterocycles. The van der Waals surface area contributed by atoms with Gasteiger partial charge in [-0.3, -0.25) is 0 Å². The monoisotopic (exact) mass is 114 g/mol. The third-order valence-electron chi connectivity index (χ3n) is 0.709. The molecule has 0 aromatic heterocycles. The van der Waals surface area contributed by atoms with Gasteiger partial charge in [-0.15, -0.1) is 11.8 Å². The zero-order valence-electron chi connectivity index (χ0n) is 3.74. The number of rotatable bonds is 0. The lowest BCUT2D eigenvalue weighted by Crippen LogP contribution is -1.95. The van der Waals surface area contributed by atoms with Gasteiger partial charge in [0.25, 0.3) is 0 Å². The third kappa shape index (κ3) is 1.37. The van der Waals surface area contributed by atoms with E-state index >= 15 is 0 Å². The van der Waals surface area contributed by atoms with Crippen molar-refractivity contribution >= 4 is 11.8 Å². The number of hydrogen-bond acceptors (Lipinski definition) is 2. The molecule has 0 spiro atoms. The van der Waals surface area contributed by atoms with Crippen LogP contribution in [-0.4, -0.2) is 11.2 Å². The zero-order valence-corrected chi connectivity index (χ0v) is 4.56. The van der Waals surface area contributed by atoms with Crippen molar-refractivity contribution in [1.29, 1.82) is 0 Å². The number of aliphatic hydroxyl groups excluding tert-OH is 1. The topological polar surface area (TPSA) is 20.2 Å². The van der Waals surface area contributed by atoms with Crippen LogP contribution in [0.15, 0.2) is 23.0 Å². The summed E-state index contributed by atoms with van der Waals surface area (Å²) in [4.78, 5) is 0. The lowest BCUT2D eigenvalue weighted by atomic mass is 10.3. The van der Waals surface area contributed by atoms with Crippen LogP contribution in [0.1, 0.15) is 0 Å². The Hall–Kier alpha value is -0.210. The second-order valence-corrected chi connectivity index (χ2v) is 2.10. The van der Waals surface area contributed by atoms with Crippen molar-refractivity contribution in [2.75, 3.05) is 0 Å². The molecule has 0 bridgehead atoms. The second kappa shape index (κ2) is 2.19. The Balaban J connectivity index is 2.49. The largest absolute Gasteiger partial charge is 0.385 e. The maximum absolute atomic E-state index is 8.72. The molecular weight excluding hydrogens is 108 g/mol. The van der Waals surface area contributed by atoms with Crippen molar-refractivity contribution in [2.45, 2.75) is 6.10 Å². The molecule has 2 heteroatoms. The van der Waals surface area contributed by atoms with E-state index in [9.17, 15) is 0 Å². The molecule has 0 aromatic rings. The first kappa shape index (κ1) is 4.94. The predicted octanol–water partition coefficient (Wildman–Crippen LogP) is 1.12. The molecule has 1 aliphatic heterocycles. The van der Waals surface area contributed by atoms with Crippen LogP contribution in [-0.2, 0) is 0 Å². The van der Waals surface area contributed by atoms with Gasteiger partial charge in [-0.2, -0.15) is 0 Å². The summed E-state index contributed by atoms with van der Waals surface area (Å²) in [5, 5.41) is 12.5. The fourth-order valence-electron chi connectivity index (χ4n) is 0.361. The number of hydrogen-bond donors (Lipinski definition) is 1. The molecule has 0 unspecified atom stereocenters. The van der Waals surface area contributed by atoms with Crippen molar-refractivity contribution in [3.8, 4) is 0 Å². The number of thioether (sulfide) groups is 1. The molecule has 7 heavy (non-hydrogen) atoms. The van der Waals surface area contributed by atoms with Crippen LogP contribution in [0.2, 0.25) is 0 Å². The van der Waals surface area contributed by atoms with E-state index in [0.29, 0.717) is 0 Å². The fraction of sp³-hybridized carbons (Fsp3) is 0.200. The first-order chi connectivity index (χ1) is 3.39. The average molecular weight is 114 g/mol. The van der Waals surface area contributed by atoms with Crippen LogP contribution in [0.5, 0.6) is 0 Å². The minimum absolute atomic E-state index is 0.346. The molecule has 0 radical (unpaired) electrons. The molecule has 0 aromatic carbocycles. The molecule has 0 fully saturated rings. The van der Waals surface area contributed by atoms with Gasteiger partial charge in [0, 0.05) is 0 Å². The molecule has 0 saturated carbocycles. The summed E-state index contributed by atoms with van der Waals surface area (Å²) in [5.41, 5.74) is 0. The summed E-state index contributed by atoms with van der Waals surface area (Å²) >= 11 is 1.58. The molecule has 1 heterocycles. The summed E-state index contributed by atoms with van der Waals surface area (Å²) in [7, 11) is 0. The van der Waals surface area contributed by atoms with Gasteiger partial charge in [0.15, 0.2) is 0 Å². The highest BCUT2D eigenvalue weighted by Gasteiger charge is 1.92. The van der Waals surface area contributed by atoms with Crippen LogP contribution in [0.25, 0.3) is 0 Å². The first-order valence-electron chi connectivity index (χ1n) is 2.06. The fourth-order valence-corrected chi connectivity index (χ4v) is 0.955. The van der Waals surface area contributed by atoms with E-state index in [1.165, 1.54) is 0 Å². The molecule has 1 N–H and O–H groups in total. The highest BCUT2D eigenvalue weighted by Crippen LogP contribution is 2.10. The first-order valence-corrected chi connectivity index (χ1v) is 3.01. The summed E-state index contributed by atoms with van der Waals surface area (Å²) in [6.07, 6.45) is 3.14. The molecular formula is C5H6OS. The molecule has 1 nitrogen and oxygen atoms in total. The Morgan fingerprint density at radius 3 is 2.14 bits per heavy atom. The smallest absolute Gasteiger partial charge is 0.0918 e. The van der Waals surface area contributed by atoms with Crippen LogP contribution in [0, 0.1) is 0 Å². The standard InChI is InChI=1S/C5H6OS/c6-5-1-3-7-4-2-5/h1-6H. The van der Waals surface area contributed by atoms with E-state index in [-0.39, 0.29) is 6.10 Å². The minimum atomic E-state index is -0.346. The zero-order chi connectivity index (χ0) is 5.11. The number of aliphatic hydroxyl groups is 1. The summed E-state index contributed by atoms with van der Waals surface area (Å²) in [6, 6.07) is 0. The Labute approximate surface area is 46.7 Å². The predicted molar refractivity (Wildman–Crippen MR) is 31.9 cm³/mol. The Bertz CT molecular complexity index is 94.6. The van der Waals surface area contributed by atoms with Crippen LogP contribution < -0.4 is 0 Å². The molecule has 38 valence electrons. The van der Waals surface area contributed by atoms with Crippen molar-refractivity contribution in [3.05, 3.63) is 23.0 Å². The van der Waals surface area contributed by atoms with Gasteiger partial charge in [0.1, 0.15) is 0 Å². The molecule has 0 amide bonds. The van der Waals surface area contributed by atoms with E-state index in [4.69, 9.17) is 5.11 Å². The molecule has 1 rings (SSSR count). The van der Waals surface area contributed by atoms with Gasteiger partial charge in [0.2, 0.25) is 0 Å². The van der Waals surface area contributed by atoms with Crippen molar-refractivity contribution in [3.63, 3.8) is 0 Å². The van der Waals surface area contributed by atoms with E-state index in [2.05, 4.69) is 0 Å². The minimum Gasteiger partial charge on any atom is -0.385 e. The van der Waals surface area contributed by atoms with Gasteiger partial charge in [0.05, 0.1) is 6.10 Å². The third-order valence-corrected chi connectivity index (χ3v) is 1.34. The lowest BCUT2D eigenvalue weighted by molar-refractivity contribution is 0.272. The highest BCUT2D eigenvalue weighted by atomic mass is 32.2. The van der Waals surface area contributed by atoms with Gasteiger partial charge < -0.3 is 5.11 Å². The van der Waals surface area contributed by atoms with Gasteiger partial charge in [-0.25, -0.2) is 0 Å². The molecule has 0 aliphatic carbocycles. The van der Waals surface area contributed by atoms with Crippen molar-refractivity contribution in [2.24, 2.45) is 0 Å². The Morgan fingerprint density at radius 2 is 1.86 bits per heavy atom. The van der Waals surface area contributed by atoms with Crippen LogP contribution in [0.4, 0.5) is 0 Å². The Morgan fingerprint density at radius 1 is 1.29 bits per heavy atom. The van der Waals surface area contributed by atoms with Crippen LogP contribution >= 0.6 is 11.8 Å². The van der Waals surface area contributed by atoms with E-state index in [0.717, 1.165) is 0 Å². The molecule has 0 atom stereocenters. The summed E-state index contributed by atoms with van der Waals surface area (Å²) in [5.74, 6) is 0. The van der Waals surface area contributed by atoms with E-state index in [1.54, 1.807) is 23.9 Å². The van der Waals surface area contributed by atoms with Gasteiger partial charge in [-0.1, -0.05) is 0 Å².